The monoisotopic (exact) mass is 477 g/mol. The van der Waals surface area contributed by atoms with E-state index in [9.17, 15) is 5.11 Å². The highest BCUT2D eigenvalue weighted by atomic mass is 127. The topological polar surface area (TPSA) is 75.1 Å². The number of hydrogen-bond donors (Lipinski definition) is 3. The lowest BCUT2D eigenvalue weighted by molar-refractivity contribution is 0.0574. The Hall–Kier alpha value is -1.22. The quantitative estimate of drug-likeness (QED) is 0.320. The maximum absolute atomic E-state index is 10.5. The molecule has 148 valence electrons. The van der Waals surface area contributed by atoms with E-state index in [0.717, 1.165) is 49.3 Å². The van der Waals surface area contributed by atoms with Crippen LogP contribution in [-0.2, 0) is 0 Å². The summed E-state index contributed by atoms with van der Waals surface area (Å²) < 4.78 is 10.8. The van der Waals surface area contributed by atoms with E-state index in [-0.39, 0.29) is 30.0 Å². The van der Waals surface area contributed by atoms with Crippen molar-refractivity contribution in [2.75, 3.05) is 27.3 Å². The highest BCUT2D eigenvalue weighted by Gasteiger charge is 2.30. The lowest BCUT2D eigenvalue weighted by Gasteiger charge is -2.23. The molecule has 1 unspecified atom stereocenters. The van der Waals surface area contributed by atoms with Crippen molar-refractivity contribution in [1.82, 2.24) is 10.6 Å². The van der Waals surface area contributed by atoms with Crippen molar-refractivity contribution in [2.45, 2.75) is 51.2 Å². The molecule has 2 rings (SSSR count). The molecule has 26 heavy (non-hydrogen) atoms. The fourth-order valence-electron chi connectivity index (χ4n) is 3.20. The molecule has 3 N–H and O–H groups in total. The lowest BCUT2D eigenvalue weighted by Crippen LogP contribution is -2.40. The van der Waals surface area contributed by atoms with Gasteiger partial charge in [0.25, 0.3) is 0 Å². The minimum absolute atomic E-state index is 0. The van der Waals surface area contributed by atoms with Gasteiger partial charge in [-0.15, -0.1) is 24.0 Å². The fraction of sp³-hybridized carbons (Fsp3) is 0.632. The van der Waals surface area contributed by atoms with E-state index in [1.54, 1.807) is 14.2 Å². The van der Waals surface area contributed by atoms with E-state index in [2.05, 4.69) is 22.5 Å². The molecular formula is C19H32IN3O3. The van der Waals surface area contributed by atoms with Crippen molar-refractivity contribution < 1.29 is 14.6 Å². The third-order valence-electron chi connectivity index (χ3n) is 4.67. The van der Waals surface area contributed by atoms with Crippen molar-refractivity contribution in [2.24, 2.45) is 4.99 Å². The molecule has 0 aliphatic heterocycles. The van der Waals surface area contributed by atoms with Crippen molar-refractivity contribution in [3.8, 4) is 11.5 Å². The van der Waals surface area contributed by atoms with Crippen LogP contribution in [0.3, 0.4) is 0 Å². The third-order valence-corrected chi connectivity index (χ3v) is 4.67. The van der Waals surface area contributed by atoms with Gasteiger partial charge in [0.05, 0.1) is 32.4 Å². The average molecular weight is 477 g/mol. The Bertz CT molecular complexity index is 589. The maximum Gasteiger partial charge on any atom is 0.191 e. The molecule has 6 nitrogen and oxygen atoms in total. The van der Waals surface area contributed by atoms with Crippen LogP contribution in [0.4, 0.5) is 0 Å². The van der Waals surface area contributed by atoms with E-state index in [1.165, 1.54) is 0 Å². The zero-order chi connectivity index (χ0) is 18.3. The zero-order valence-electron chi connectivity index (χ0n) is 16.2. The molecule has 0 bridgehead atoms. The summed E-state index contributed by atoms with van der Waals surface area (Å²) in [5.74, 6) is 2.28. The molecule has 1 fully saturated rings. The average Bonchev–Trinajstić information content (AvgIpc) is 3.06. The molecule has 1 aliphatic rings. The van der Waals surface area contributed by atoms with Crippen molar-refractivity contribution in [1.29, 1.82) is 0 Å². The van der Waals surface area contributed by atoms with Crippen LogP contribution in [0.2, 0.25) is 0 Å². The van der Waals surface area contributed by atoms with Gasteiger partial charge in [0.1, 0.15) is 11.5 Å². The number of aliphatic imine (C=N–C) groups is 1. The van der Waals surface area contributed by atoms with Crippen molar-refractivity contribution in [3.05, 3.63) is 23.8 Å². The molecule has 0 spiro atoms. The predicted octanol–water partition coefficient (Wildman–Crippen LogP) is 3.24. The van der Waals surface area contributed by atoms with Gasteiger partial charge in [0.2, 0.25) is 0 Å². The van der Waals surface area contributed by atoms with E-state index < -0.39 is 5.60 Å². The normalized spacial score (nSPS) is 17.2. The number of ether oxygens (including phenoxy) is 2. The summed E-state index contributed by atoms with van der Waals surface area (Å²) >= 11 is 0. The van der Waals surface area contributed by atoms with Crippen LogP contribution in [0.25, 0.3) is 0 Å². The molecular weight excluding hydrogens is 445 g/mol. The summed E-state index contributed by atoms with van der Waals surface area (Å²) in [4.78, 5) is 4.60. The first-order valence-electron chi connectivity index (χ1n) is 9.00. The second kappa shape index (κ2) is 10.8. The number of halogens is 1. The number of nitrogens with one attached hydrogen (secondary N) is 2. The molecule has 1 atom stereocenters. The van der Waals surface area contributed by atoms with Gasteiger partial charge in [-0.3, -0.25) is 4.99 Å². The number of rotatable bonds is 7. The van der Waals surface area contributed by atoms with Gasteiger partial charge in [-0.05, 0) is 44.9 Å². The first-order chi connectivity index (χ1) is 12.0. The van der Waals surface area contributed by atoms with Gasteiger partial charge in [-0.1, -0.05) is 12.8 Å². The molecule has 1 aliphatic carbocycles. The summed E-state index contributed by atoms with van der Waals surface area (Å²) in [7, 11) is 3.31. The highest BCUT2D eigenvalue weighted by molar-refractivity contribution is 14.0. The number of hydrogen-bond acceptors (Lipinski definition) is 4. The van der Waals surface area contributed by atoms with Crippen LogP contribution in [0.15, 0.2) is 23.2 Å². The Labute approximate surface area is 173 Å². The van der Waals surface area contributed by atoms with Crippen LogP contribution in [0.1, 0.15) is 51.1 Å². The summed E-state index contributed by atoms with van der Waals surface area (Å²) in [5, 5.41) is 17.2. The smallest absolute Gasteiger partial charge is 0.191 e. The molecule has 1 aromatic carbocycles. The van der Waals surface area contributed by atoms with Crippen LogP contribution in [0, 0.1) is 0 Å². The third kappa shape index (κ3) is 6.19. The SMILES string of the molecule is CCNC(=NCC1(O)CCCC1)NC(C)c1cc(OC)ccc1OC.I. The second-order valence-corrected chi connectivity index (χ2v) is 6.60. The summed E-state index contributed by atoms with van der Waals surface area (Å²) in [5.41, 5.74) is 0.339. The first-order valence-corrected chi connectivity index (χ1v) is 9.00. The van der Waals surface area contributed by atoms with Gasteiger partial charge < -0.3 is 25.2 Å². The minimum Gasteiger partial charge on any atom is -0.497 e. The van der Waals surface area contributed by atoms with Crippen LogP contribution >= 0.6 is 24.0 Å². The van der Waals surface area contributed by atoms with E-state index >= 15 is 0 Å². The Balaban J connectivity index is 0.00000338. The standard InChI is InChI=1S/C19H31N3O3.HI/c1-5-20-18(21-13-19(23)10-6-7-11-19)22-14(2)16-12-15(24-3)8-9-17(16)25-4;/h8-9,12,14,23H,5-7,10-11,13H2,1-4H3,(H2,20,21,22);1H. The van der Waals surface area contributed by atoms with Crippen molar-refractivity contribution >= 4 is 29.9 Å². The zero-order valence-corrected chi connectivity index (χ0v) is 18.5. The Morgan fingerprint density at radius 1 is 1.27 bits per heavy atom. The molecule has 0 radical (unpaired) electrons. The fourth-order valence-corrected chi connectivity index (χ4v) is 3.20. The Kier molecular flexibility index (Phi) is 9.49. The molecule has 0 heterocycles. The van der Waals surface area contributed by atoms with Gasteiger partial charge in [0, 0.05) is 12.1 Å². The van der Waals surface area contributed by atoms with Crippen LogP contribution < -0.4 is 20.1 Å². The number of aliphatic hydroxyl groups is 1. The molecule has 7 heteroatoms. The molecule has 1 saturated carbocycles. The number of guanidine groups is 1. The molecule has 0 saturated heterocycles. The number of nitrogens with zero attached hydrogens (tertiary/aromatic N) is 1. The highest BCUT2D eigenvalue weighted by Crippen LogP contribution is 2.30. The van der Waals surface area contributed by atoms with Gasteiger partial charge in [-0.25, -0.2) is 0 Å². The molecule has 0 aromatic heterocycles. The summed E-state index contributed by atoms with van der Waals surface area (Å²) in [6, 6.07) is 5.72. The Morgan fingerprint density at radius 2 is 1.96 bits per heavy atom. The molecule has 0 amide bonds. The molecule has 1 aromatic rings. The Morgan fingerprint density at radius 3 is 2.54 bits per heavy atom. The second-order valence-electron chi connectivity index (χ2n) is 6.60. The largest absolute Gasteiger partial charge is 0.497 e. The predicted molar refractivity (Wildman–Crippen MR) is 116 cm³/mol. The van der Waals surface area contributed by atoms with Gasteiger partial charge >= 0.3 is 0 Å². The number of benzene rings is 1. The van der Waals surface area contributed by atoms with E-state index in [0.29, 0.717) is 12.5 Å². The van der Waals surface area contributed by atoms with Crippen LogP contribution in [-0.4, -0.2) is 44.0 Å². The maximum atomic E-state index is 10.5. The van der Waals surface area contributed by atoms with Crippen molar-refractivity contribution in [3.63, 3.8) is 0 Å². The first kappa shape index (κ1) is 22.8. The van der Waals surface area contributed by atoms with Gasteiger partial charge in [0.15, 0.2) is 5.96 Å². The number of methoxy groups -OCH3 is 2. The lowest BCUT2D eigenvalue weighted by atomic mass is 10.0. The summed E-state index contributed by atoms with van der Waals surface area (Å²) in [6.45, 7) is 5.25. The summed E-state index contributed by atoms with van der Waals surface area (Å²) in [6.07, 6.45) is 3.81. The van der Waals surface area contributed by atoms with Crippen LogP contribution in [0.5, 0.6) is 11.5 Å². The minimum atomic E-state index is -0.654. The van der Waals surface area contributed by atoms with E-state index in [1.807, 2.05) is 25.1 Å². The van der Waals surface area contributed by atoms with E-state index in [4.69, 9.17) is 9.47 Å². The van der Waals surface area contributed by atoms with Gasteiger partial charge in [-0.2, -0.15) is 0 Å².